The molecule has 1 aliphatic rings. The molecule has 1 atom stereocenters. The Morgan fingerprint density at radius 1 is 1.03 bits per heavy atom. The van der Waals surface area contributed by atoms with Gasteiger partial charge in [0, 0.05) is 20.2 Å². The lowest BCUT2D eigenvalue weighted by Crippen LogP contribution is -2.40. The molecule has 1 aliphatic heterocycles. The Labute approximate surface area is 199 Å². The van der Waals surface area contributed by atoms with E-state index in [9.17, 15) is 0 Å². The van der Waals surface area contributed by atoms with Crippen molar-refractivity contribution in [1.82, 2.24) is 15.5 Å². The molecule has 2 N–H and O–H groups in total. The summed E-state index contributed by atoms with van der Waals surface area (Å²) in [5.74, 6) is 1.72. The molecule has 0 saturated carbocycles. The van der Waals surface area contributed by atoms with Crippen LogP contribution in [0.1, 0.15) is 37.8 Å². The predicted octanol–water partition coefficient (Wildman–Crippen LogP) is 3.06. The normalized spacial score (nSPS) is 15.9. The second-order valence-corrected chi connectivity index (χ2v) is 7.14. The lowest BCUT2D eigenvalue weighted by molar-refractivity contribution is 0.0733. The smallest absolute Gasteiger partial charge is 0.191 e. The highest BCUT2D eigenvalue weighted by Crippen LogP contribution is 2.26. The fraction of sp³-hybridized carbons (Fsp3) is 0.682. The van der Waals surface area contributed by atoms with E-state index in [1.165, 1.54) is 24.8 Å². The summed E-state index contributed by atoms with van der Waals surface area (Å²) in [6.07, 6.45) is 3.84. The highest BCUT2D eigenvalue weighted by atomic mass is 127. The topological polar surface area (TPSA) is 67.4 Å². The molecule has 172 valence electrons. The summed E-state index contributed by atoms with van der Waals surface area (Å²) in [6, 6.07) is 8.68. The number of aliphatic imine (C=N–C) groups is 1. The minimum absolute atomic E-state index is 0. The number of ether oxygens (including phenoxy) is 3. The quantitative estimate of drug-likeness (QED) is 0.186. The molecular weight excluding hydrogens is 495 g/mol. The number of likely N-dealkylation sites (tertiary alicyclic amines) is 1. The number of halogens is 1. The molecule has 1 aromatic carbocycles. The molecule has 0 aliphatic carbocycles. The van der Waals surface area contributed by atoms with Crippen molar-refractivity contribution in [3.8, 4) is 5.75 Å². The van der Waals surface area contributed by atoms with E-state index in [1.54, 1.807) is 14.2 Å². The first kappa shape index (κ1) is 26.9. The van der Waals surface area contributed by atoms with Crippen molar-refractivity contribution in [2.24, 2.45) is 4.99 Å². The summed E-state index contributed by atoms with van der Waals surface area (Å²) in [5.41, 5.74) is 1.29. The van der Waals surface area contributed by atoms with Crippen LogP contribution >= 0.6 is 24.0 Å². The monoisotopic (exact) mass is 534 g/mol. The van der Waals surface area contributed by atoms with Crippen molar-refractivity contribution in [3.05, 3.63) is 29.8 Å². The summed E-state index contributed by atoms with van der Waals surface area (Å²) in [6.45, 7) is 8.45. The number of guanidine groups is 1. The van der Waals surface area contributed by atoms with Crippen LogP contribution in [-0.2, 0) is 9.47 Å². The van der Waals surface area contributed by atoms with Gasteiger partial charge >= 0.3 is 0 Å². The molecule has 8 heteroatoms. The Bertz CT molecular complexity index is 580. The molecule has 0 spiro atoms. The first-order valence-electron chi connectivity index (χ1n) is 10.7. The van der Waals surface area contributed by atoms with Gasteiger partial charge < -0.3 is 24.8 Å². The molecule has 0 radical (unpaired) electrons. The van der Waals surface area contributed by atoms with E-state index < -0.39 is 0 Å². The van der Waals surface area contributed by atoms with Gasteiger partial charge in [-0.1, -0.05) is 18.6 Å². The summed E-state index contributed by atoms with van der Waals surface area (Å²) >= 11 is 0. The standard InChI is InChI=1S/C22H38N4O3.HI/c1-4-23-22(24-12-15-29-17-16-27-2)25-18-21(26-13-6-5-7-14-26)19-8-10-20(28-3)11-9-19;/h8-11,21H,4-7,12-18H2,1-3H3,(H2,23,24,25);1H. The van der Waals surface area contributed by atoms with Crippen molar-refractivity contribution < 1.29 is 14.2 Å². The molecule has 0 amide bonds. The number of hydrogen-bond acceptors (Lipinski definition) is 5. The summed E-state index contributed by atoms with van der Waals surface area (Å²) < 4.78 is 15.8. The van der Waals surface area contributed by atoms with Gasteiger partial charge in [0.25, 0.3) is 0 Å². The van der Waals surface area contributed by atoms with Crippen molar-refractivity contribution in [2.45, 2.75) is 32.2 Å². The zero-order valence-electron chi connectivity index (χ0n) is 18.7. The molecular formula is C22H39IN4O3. The van der Waals surface area contributed by atoms with Gasteiger partial charge in [0.15, 0.2) is 5.96 Å². The maximum absolute atomic E-state index is 5.52. The molecule has 1 saturated heterocycles. The van der Waals surface area contributed by atoms with Crippen LogP contribution in [0.25, 0.3) is 0 Å². The average Bonchev–Trinajstić information content (AvgIpc) is 2.77. The number of rotatable bonds is 12. The van der Waals surface area contributed by atoms with Crippen LogP contribution in [0.15, 0.2) is 29.3 Å². The van der Waals surface area contributed by atoms with Gasteiger partial charge in [-0.15, -0.1) is 24.0 Å². The maximum Gasteiger partial charge on any atom is 0.191 e. The summed E-state index contributed by atoms with van der Waals surface area (Å²) in [7, 11) is 3.38. The van der Waals surface area contributed by atoms with E-state index in [1.807, 2.05) is 12.1 Å². The van der Waals surface area contributed by atoms with E-state index in [-0.39, 0.29) is 30.0 Å². The Kier molecular flexibility index (Phi) is 14.9. The average molecular weight is 534 g/mol. The van der Waals surface area contributed by atoms with Gasteiger partial charge in [0.2, 0.25) is 0 Å². The van der Waals surface area contributed by atoms with E-state index in [2.05, 4.69) is 34.6 Å². The third-order valence-electron chi connectivity index (χ3n) is 5.07. The highest BCUT2D eigenvalue weighted by Gasteiger charge is 2.22. The molecule has 1 unspecified atom stereocenters. The van der Waals surface area contributed by atoms with Crippen LogP contribution in [-0.4, -0.2) is 77.6 Å². The van der Waals surface area contributed by atoms with Crippen LogP contribution in [0.4, 0.5) is 0 Å². The van der Waals surface area contributed by atoms with Crippen LogP contribution in [0.2, 0.25) is 0 Å². The number of hydrogen-bond donors (Lipinski definition) is 2. The van der Waals surface area contributed by atoms with Crippen molar-refractivity contribution >= 4 is 29.9 Å². The van der Waals surface area contributed by atoms with Crippen LogP contribution in [0.3, 0.4) is 0 Å². The Hall–Kier alpha value is -1.10. The fourth-order valence-electron chi connectivity index (χ4n) is 3.49. The molecule has 7 nitrogen and oxygen atoms in total. The van der Waals surface area contributed by atoms with Crippen molar-refractivity contribution in [1.29, 1.82) is 0 Å². The Morgan fingerprint density at radius 2 is 1.77 bits per heavy atom. The van der Waals surface area contributed by atoms with Crippen molar-refractivity contribution in [3.63, 3.8) is 0 Å². The third-order valence-corrected chi connectivity index (χ3v) is 5.07. The van der Waals surface area contributed by atoms with Gasteiger partial charge in [-0.2, -0.15) is 0 Å². The Balaban J connectivity index is 0.00000450. The second-order valence-electron chi connectivity index (χ2n) is 7.14. The molecule has 1 aromatic rings. The van der Waals surface area contributed by atoms with E-state index in [0.717, 1.165) is 31.3 Å². The first-order chi connectivity index (χ1) is 14.3. The SMILES string of the molecule is CCNC(=NCC(c1ccc(OC)cc1)N1CCCCC1)NCCOCCOC.I. The molecule has 0 aromatic heterocycles. The molecule has 0 bridgehead atoms. The van der Waals surface area contributed by atoms with Gasteiger partial charge in [-0.25, -0.2) is 0 Å². The van der Waals surface area contributed by atoms with Crippen LogP contribution < -0.4 is 15.4 Å². The number of nitrogens with one attached hydrogen (secondary N) is 2. The van der Waals surface area contributed by atoms with Crippen molar-refractivity contribution in [2.75, 3.05) is 66.8 Å². The molecule has 1 fully saturated rings. The number of nitrogens with zero attached hydrogens (tertiary/aromatic N) is 2. The lowest BCUT2D eigenvalue weighted by atomic mass is 10.0. The zero-order chi connectivity index (χ0) is 20.7. The summed E-state index contributed by atoms with van der Waals surface area (Å²) in [5, 5.41) is 6.69. The lowest BCUT2D eigenvalue weighted by Gasteiger charge is -2.34. The zero-order valence-corrected chi connectivity index (χ0v) is 21.0. The number of piperidine rings is 1. The minimum Gasteiger partial charge on any atom is -0.497 e. The summed E-state index contributed by atoms with van der Waals surface area (Å²) in [4.78, 5) is 7.44. The minimum atomic E-state index is 0. The second kappa shape index (κ2) is 16.6. The van der Waals surface area contributed by atoms with E-state index >= 15 is 0 Å². The van der Waals surface area contributed by atoms with Crippen LogP contribution in [0, 0.1) is 0 Å². The molecule has 2 rings (SSSR count). The molecule has 30 heavy (non-hydrogen) atoms. The van der Waals surface area contributed by atoms with Gasteiger partial charge in [0.1, 0.15) is 5.75 Å². The highest BCUT2D eigenvalue weighted by molar-refractivity contribution is 14.0. The number of benzene rings is 1. The van der Waals surface area contributed by atoms with E-state index in [4.69, 9.17) is 19.2 Å². The van der Waals surface area contributed by atoms with Gasteiger partial charge in [0.05, 0.1) is 39.5 Å². The number of methoxy groups -OCH3 is 2. The first-order valence-corrected chi connectivity index (χ1v) is 10.7. The van der Waals surface area contributed by atoms with E-state index in [0.29, 0.717) is 32.9 Å². The van der Waals surface area contributed by atoms with Crippen LogP contribution in [0.5, 0.6) is 5.75 Å². The van der Waals surface area contributed by atoms with Gasteiger partial charge in [-0.3, -0.25) is 9.89 Å². The fourth-order valence-corrected chi connectivity index (χ4v) is 3.49. The largest absolute Gasteiger partial charge is 0.497 e. The predicted molar refractivity (Wildman–Crippen MR) is 133 cm³/mol. The third kappa shape index (κ3) is 9.80. The Morgan fingerprint density at radius 3 is 2.40 bits per heavy atom. The van der Waals surface area contributed by atoms with Gasteiger partial charge in [-0.05, 0) is 50.6 Å². The maximum atomic E-state index is 5.52. The molecule has 1 heterocycles.